The molecule has 1 atom stereocenters. The topological polar surface area (TPSA) is 71.2 Å². The molecular formula is C24H30N4OS. The number of aromatic nitrogens is 1. The molecule has 2 aromatic heterocycles. The number of hydrogen-bond acceptors (Lipinski definition) is 4. The highest BCUT2D eigenvalue weighted by Crippen LogP contribution is 2.36. The van der Waals surface area contributed by atoms with Gasteiger partial charge in [-0.1, -0.05) is 56.4 Å². The second-order valence-electron chi connectivity index (χ2n) is 8.30. The van der Waals surface area contributed by atoms with Crippen LogP contribution in [0.25, 0.3) is 10.1 Å². The first-order valence-electron chi connectivity index (χ1n) is 10.9. The summed E-state index contributed by atoms with van der Waals surface area (Å²) in [5.74, 6) is 1.43. The van der Waals surface area contributed by atoms with Gasteiger partial charge in [-0.3, -0.25) is 0 Å². The van der Waals surface area contributed by atoms with Gasteiger partial charge in [0.05, 0.1) is 0 Å². The first-order valence-corrected chi connectivity index (χ1v) is 11.7. The van der Waals surface area contributed by atoms with Crippen LogP contribution < -0.4 is 16.0 Å². The fraction of sp³-hybridized carbons (Fsp3) is 0.417. The molecule has 1 aliphatic rings. The molecule has 3 N–H and O–H groups in total. The largest absolute Gasteiger partial charge is 0.351 e. The lowest BCUT2D eigenvalue weighted by Gasteiger charge is -2.26. The van der Waals surface area contributed by atoms with E-state index in [1.54, 1.807) is 17.5 Å². The Morgan fingerprint density at radius 1 is 1.23 bits per heavy atom. The van der Waals surface area contributed by atoms with E-state index in [9.17, 15) is 4.79 Å². The summed E-state index contributed by atoms with van der Waals surface area (Å²) in [5.41, 5.74) is 6.78. The Kier molecular flexibility index (Phi) is 6.65. The van der Waals surface area contributed by atoms with Crippen LogP contribution in [0, 0.1) is 5.92 Å². The van der Waals surface area contributed by atoms with E-state index in [1.807, 2.05) is 36.4 Å². The SMILES string of the molecule is CC(CC1CCCCC1)NCc1cccnc1N(C(N)=O)c1cc2ccccc2s1. The molecular weight excluding hydrogens is 392 g/mol. The zero-order chi connectivity index (χ0) is 20.9. The van der Waals surface area contributed by atoms with Crippen LogP contribution in [0.2, 0.25) is 0 Å². The number of carbonyl (C=O) groups is 1. The molecule has 1 unspecified atom stereocenters. The number of primary amides is 1. The van der Waals surface area contributed by atoms with Gasteiger partial charge in [0.15, 0.2) is 0 Å². The Morgan fingerprint density at radius 2 is 2.03 bits per heavy atom. The Hall–Kier alpha value is -2.44. The van der Waals surface area contributed by atoms with Crippen molar-refractivity contribution in [3.8, 4) is 0 Å². The number of pyridine rings is 1. The molecule has 4 rings (SSSR count). The molecule has 0 radical (unpaired) electrons. The maximum atomic E-state index is 12.4. The third-order valence-corrected chi connectivity index (χ3v) is 7.09. The lowest BCUT2D eigenvalue weighted by atomic mass is 9.85. The van der Waals surface area contributed by atoms with Crippen LogP contribution >= 0.6 is 11.3 Å². The van der Waals surface area contributed by atoms with Gasteiger partial charge in [-0.25, -0.2) is 14.7 Å². The summed E-state index contributed by atoms with van der Waals surface area (Å²) in [6.45, 7) is 2.91. The standard InChI is InChI=1S/C24H30N4OS/c1-17(14-18-8-3-2-4-9-18)27-16-20-11-7-13-26-23(20)28(24(25)29)22-15-19-10-5-6-12-21(19)30-22/h5-7,10-13,15,17-18,27H,2-4,8-9,14,16H2,1H3,(H2,25,29). The summed E-state index contributed by atoms with van der Waals surface area (Å²) in [6, 6.07) is 13.9. The molecule has 2 heterocycles. The van der Waals surface area contributed by atoms with Gasteiger partial charge in [0.25, 0.3) is 0 Å². The predicted molar refractivity (Wildman–Crippen MR) is 125 cm³/mol. The third kappa shape index (κ3) is 4.82. The number of fused-ring (bicyclic) bond motifs is 1. The minimum atomic E-state index is -0.517. The highest BCUT2D eigenvalue weighted by atomic mass is 32.1. The summed E-state index contributed by atoms with van der Waals surface area (Å²) < 4.78 is 1.12. The summed E-state index contributed by atoms with van der Waals surface area (Å²) in [4.78, 5) is 18.5. The van der Waals surface area contributed by atoms with Crippen LogP contribution in [-0.2, 0) is 6.54 Å². The number of hydrogen-bond donors (Lipinski definition) is 2. The summed E-state index contributed by atoms with van der Waals surface area (Å²) in [6.07, 6.45) is 9.74. The number of nitrogens with one attached hydrogen (secondary N) is 1. The molecule has 0 bridgehead atoms. The van der Waals surface area contributed by atoms with E-state index in [0.717, 1.165) is 26.6 Å². The van der Waals surface area contributed by atoms with E-state index in [0.29, 0.717) is 18.4 Å². The summed E-state index contributed by atoms with van der Waals surface area (Å²) >= 11 is 1.55. The summed E-state index contributed by atoms with van der Waals surface area (Å²) in [5, 5.41) is 5.53. The van der Waals surface area contributed by atoms with Crippen molar-refractivity contribution in [3.05, 3.63) is 54.2 Å². The van der Waals surface area contributed by atoms with Crippen molar-refractivity contribution in [3.63, 3.8) is 0 Å². The average molecular weight is 423 g/mol. The van der Waals surface area contributed by atoms with E-state index in [-0.39, 0.29) is 0 Å². The van der Waals surface area contributed by atoms with Crippen LogP contribution in [0.5, 0.6) is 0 Å². The van der Waals surface area contributed by atoms with Gasteiger partial charge >= 0.3 is 6.03 Å². The summed E-state index contributed by atoms with van der Waals surface area (Å²) in [7, 11) is 0. The zero-order valence-electron chi connectivity index (χ0n) is 17.5. The molecule has 0 saturated heterocycles. The lowest BCUT2D eigenvalue weighted by molar-refractivity contribution is 0.256. The van der Waals surface area contributed by atoms with Crippen molar-refractivity contribution in [2.45, 2.75) is 58.0 Å². The van der Waals surface area contributed by atoms with Gasteiger partial charge in [-0.15, -0.1) is 11.3 Å². The minimum absolute atomic E-state index is 0.424. The molecule has 1 saturated carbocycles. The van der Waals surface area contributed by atoms with Gasteiger partial charge in [-0.2, -0.15) is 0 Å². The Balaban J connectivity index is 1.52. The van der Waals surface area contributed by atoms with Gasteiger partial charge in [-0.05, 0) is 42.8 Å². The minimum Gasteiger partial charge on any atom is -0.351 e. The number of amides is 2. The number of thiophene rings is 1. The molecule has 0 aliphatic heterocycles. The number of rotatable bonds is 7. The first-order chi connectivity index (χ1) is 14.6. The van der Waals surface area contributed by atoms with Crippen molar-refractivity contribution < 1.29 is 4.79 Å². The van der Waals surface area contributed by atoms with Crippen LogP contribution in [0.4, 0.5) is 15.6 Å². The van der Waals surface area contributed by atoms with Crippen LogP contribution in [0.1, 0.15) is 51.0 Å². The second kappa shape index (κ2) is 9.58. The van der Waals surface area contributed by atoms with E-state index < -0.39 is 6.03 Å². The molecule has 5 nitrogen and oxygen atoms in total. The smallest absolute Gasteiger partial charge is 0.325 e. The fourth-order valence-electron chi connectivity index (χ4n) is 4.46. The predicted octanol–water partition coefficient (Wildman–Crippen LogP) is 5.96. The van der Waals surface area contributed by atoms with Crippen LogP contribution in [0.15, 0.2) is 48.7 Å². The molecule has 158 valence electrons. The monoisotopic (exact) mass is 422 g/mol. The second-order valence-corrected chi connectivity index (χ2v) is 9.37. The first kappa shape index (κ1) is 20.8. The normalized spacial score (nSPS) is 15.9. The number of anilines is 2. The molecule has 30 heavy (non-hydrogen) atoms. The number of urea groups is 1. The van der Waals surface area contributed by atoms with Crippen molar-refractivity contribution >= 4 is 38.3 Å². The van der Waals surface area contributed by atoms with Gasteiger partial charge in [0.1, 0.15) is 10.8 Å². The van der Waals surface area contributed by atoms with E-state index >= 15 is 0 Å². The lowest BCUT2D eigenvalue weighted by Crippen LogP contribution is -2.34. The molecule has 3 aromatic rings. The van der Waals surface area contributed by atoms with Crippen LogP contribution in [0.3, 0.4) is 0 Å². The fourth-order valence-corrected chi connectivity index (χ4v) is 5.53. The Morgan fingerprint density at radius 3 is 2.80 bits per heavy atom. The van der Waals surface area contributed by atoms with Gasteiger partial charge < -0.3 is 11.1 Å². The molecule has 6 heteroatoms. The Bertz CT molecular complexity index is 963. The Labute approximate surface area is 182 Å². The zero-order valence-corrected chi connectivity index (χ0v) is 18.3. The maximum Gasteiger partial charge on any atom is 0.325 e. The quantitative estimate of drug-likeness (QED) is 0.493. The number of nitrogens with two attached hydrogens (primary N) is 1. The van der Waals surface area contributed by atoms with E-state index in [4.69, 9.17) is 5.73 Å². The molecule has 1 aromatic carbocycles. The van der Waals surface area contributed by atoms with Gasteiger partial charge in [0.2, 0.25) is 0 Å². The van der Waals surface area contributed by atoms with Crippen molar-refractivity contribution in [1.29, 1.82) is 0 Å². The number of benzene rings is 1. The van der Waals surface area contributed by atoms with E-state index in [1.165, 1.54) is 43.4 Å². The maximum absolute atomic E-state index is 12.4. The van der Waals surface area contributed by atoms with Gasteiger partial charge in [0, 0.05) is 29.0 Å². The molecule has 1 fully saturated rings. The number of carbonyl (C=O) groups excluding carboxylic acids is 1. The van der Waals surface area contributed by atoms with E-state index in [2.05, 4.69) is 23.3 Å². The van der Waals surface area contributed by atoms with Crippen molar-refractivity contribution in [2.75, 3.05) is 4.90 Å². The van der Waals surface area contributed by atoms with Crippen LogP contribution in [-0.4, -0.2) is 17.1 Å². The third-order valence-electron chi connectivity index (χ3n) is 5.99. The highest BCUT2D eigenvalue weighted by molar-refractivity contribution is 7.23. The average Bonchev–Trinajstić information content (AvgIpc) is 3.17. The van der Waals surface area contributed by atoms with Crippen molar-refractivity contribution in [2.24, 2.45) is 11.7 Å². The molecule has 0 spiro atoms. The molecule has 2 amide bonds. The number of nitrogens with zero attached hydrogens (tertiary/aromatic N) is 2. The van der Waals surface area contributed by atoms with Crippen molar-refractivity contribution in [1.82, 2.24) is 10.3 Å². The highest BCUT2D eigenvalue weighted by Gasteiger charge is 2.22. The molecule has 1 aliphatic carbocycles.